The highest BCUT2D eigenvalue weighted by molar-refractivity contribution is 5.71. The predicted molar refractivity (Wildman–Crippen MR) is 362 cm³/mol. The molecule has 0 aliphatic carbocycles. The highest BCUT2D eigenvalue weighted by atomic mass is 16.6. The summed E-state index contributed by atoms with van der Waals surface area (Å²) in [6.45, 7) is 6.58. The van der Waals surface area contributed by atoms with Gasteiger partial charge >= 0.3 is 17.9 Å². The van der Waals surface area contributed by atoms with E-state index in [9.17, 15) is 14.4 Å². The predicted octanol–water partition coefficient (Wildman–Crippen LogP) is 25.2. The molecule has 0 aromatic heterocycles. The minimum absolute atomic E-state index is 0.0737. The summed E-state index contributed by atoms with van der Waals surface area (Å²) in [5, 5.41) is 0. The van der Waals surface area contributed by atoms with E-state index in [4.69, 9.17) is 14.2 Å². The molecule has 0 amide bonds. The molecule has 1 unspecified atom stereocenters. The molecular formula is C77H138O6. The van der Waals surface area contributed by atoms with Crippen molar-refractivity contribution in [1.82, 2.24) is 0 Å². The van der Waals surface area contributed by atoms with E-state index in [1.54, 1.807) is 0 Å². The molecule has 0 saturated heterocycles. The Morgan fingerprint density at radius 1 is 0.253 bits per heavy atom. The molecule has 0 rings (SSSR count). The fourth-order valence-electron chi connectivity index (χ4n) is 10.8. The van der Waals surface area contributed by atoms with Crippen LogP contribution >= 0.6 is 0 Å². The van der Waals surface area contributed by atoms with Crippen molar-refractivity contribution in [1.29, 1.82) is 0 Å². The number of ether oxygens (including phenoxy) is 3. The van der Waals surface area contributed by atoms with Crippen LogP contribution in [-0.2, 0) is 28.6 Å². The van der Waals surface area contributed by atoms with Crippen LogP contribution in [-0.4, -0.2) is 37.2 Å². The standard InChI is InChI=1S/C77H138O6/c1-4-7-10-13-16-19-22-25-28-30-32-34-35-36-37-38-39-40-41-43-44-46-49-52-55-58-61-64-67-70-76(79)82-73-74(72-81-75(78)69-66-63-60-57-54-51-48-27-24-21-18-15-12-9-6-3)83-77(80)71-68-65-62-59-56-53-50-47-45-42-33-31-29-26-23-20-17-14-11-8-5-2/h7,10,16,19,25,27-28,32,34,36-37,48,74H,4-6,8-9,11-15,17-18,20-24,26,29-31,33,35,38-47,49-73H2,1-3H3/b10-7-,19-16-,28-25-,34-32-,37-36-,48-27-. The summed E-state index contributed by atoms with van der Waals surface area (Å²) in [7, 11) is 0. The minimum Gasteiger partial charge on any atom is -0.462 e. The second kappa shape index (κ2) is 71.3. The molecule has 1 atom stereocenters. The third-order valence-electron chi connectivity index (χ3n) is 16.2. The van der Waals surface area contributed by atoms with Crippen LogP contribution in [0, 0.1) is 0 Å². The lowest BCUT2D eigenvalue weighted by molar-refractivity contribution is -0.167. The van der Waals surface area contributed by atoms with Gasteiger partial charge in [0.2, 0.25) is 0 Å². The van der Waals surface area contributed by atoms with Gasteiger partial charge in [0.25, 0.3) is 0 Å². The van der Waals surface area contributed by atoms with Gasteiger partial charge in [0, 0.05) is 19.3 Å². The van der Waals surface area contributed by atoms with Gasteiger partial charge in [0.1, 0.15) is 13.2 Å². The van der Waals surface area contributed by atoms with Crippen molar-refractivity contribution in [2.75, 3.05) is 13.2 Å². The summed E-state index contributed by atoms with van der Waals surface area (Å²) in [4.78, 5) is 38.5. The highest BCUT2D eigenvalue weighted by Crippen LogP contribution is 2.18. The summed E-state index contributed by atoms with van der Waals surface area (Å²) in [6.07, 6.45) is 93.6. The van der Waals surface area contributed by atoms with Crippen LogP contribution in [0.5, 0.6) is 0 Å². The molecule has 0 fully saturated rings. The van der Waals surface area contributed by atoms with Gasteiger partial charge in [-0.15, -0.1) is 0 Å². The van der Waals surface area contributed by atoms with Crippen LogP contribution in [0.25, 0.3) is 0 Å². The molecule has 0 radical (unpaired) electrons. The topological polar surface area (TPSA) is 78.9 Å². The molecule has 0 aromatic carbocycles. The third kappa shape index (κ3) is 69.5. The van der Waals surface area contributed by atoms with Crippen LogP contribution in [0.3, 0.4) is 0 Å². The van der Waals surface area contributed by atoms with Crippen LogP contribution in [0.15, 0.2) is 72.9 Å². The highest BCUT2D eigenvalue weighted by Gasteiger charge is 2.19. The maximum Gasteiger partial charge on any atom is 0.306 e. The molecule has 0 aliphatic rings. The van der Waals surface area contributed by atoms with Crippen molar-refractivity contribution >= 4 is 17.9 Å². The molecule has 0 heterocycles. The molecule has 0 N–H and O–H groups in total. The summed E-state index contributed by atoms with van der Waals surface area (Å²) in [6, 6.07) is 0. The second-order valence-corrected chi connectivity index (χ2v) is 24.5. The first-order chi connectivity index (χ1) is 41.0. The second-order valence-electron chi connectivity index (χ2n) is 24.5. The van der Waals surface area contributed by atoms with Crippen molar-refractivity contribution in [2.24, 2.45) is 0 Å². The number of hydrogen-bond acceptors (Lipinski definition) is 6. The third-order valence-corrected chi connectivity index (χ3v) is 16.2. The smallest absolute Gasteiger partial charge is 0.306 e. The van der Waals surface area contributed by atoms with Crippen LogP contribution in [0.2, 0.25) is 0 Å². The number of carbonyl (C=O) groups is 3. The molecular weight excluding hydrogens is 1020 g/mol. The Hall–Kier alpha value is -3.15. The fourth-order valence-corrected chi connectivity index (χ4v) is 10.8. The summed E-state index contributed by atoms with van der Waals surface area (Å²) >= 11 is 0. The average Bonchev–Trinajstić information content (AvgIpc) is 3.49. The van der Waals surface area contributed by atoms with Crippen molar-refractivity contribution < 1.29 is 28.6 Å². The van der Waals surface area contributed by atoms with Gasteiger partial charge in [-0.1, -0.05) is 344 Å². The lowest BCUT2D eigenvalue weighted by Gasteiger charge is -2.18. The van der Waals surface area contributed by atoms with E-state index in [2.05, 4.69) is 93.7 Å². The van der Waals surface area contributed by atoms with Gasteiger partial charge in [0.05, 0.1) is 0 Å². The zero-order valence-corrected chi connectivity index (χ0v) is 55.5. The number of rotatable bonds is 67. The Balaban J connectivity index is 4.27. The SMILES string of the molecule is CC/C=C\C/C=C\C/C=C\C/C=C\C/C=C\CCCCCCCCCCCCCCCC(=O)OCC(COC(=O)CCCCCCC/C=C\CCCCCCCC)OC(=O)CCCCCCCCCCCCCCCCCCCCCCC. The lowest BCUT2D eigenvalue weighted by Crippen LogP contribution is -2.30. The first-order valence-corrected chi connectivity index (χ1v) is 36.4. The Morgan fingerprint density at radius 3 is 0.747 bits per heavy atom. The van der Waals surface area contributed by atoms with Gasteiger partial charge < -0.3 is 14.2 Å². The first kappa shape index (κ1) is 79.8. The van der Waals surface area contributed by atoms with Crippen LogP contribution < -0.4 is 0 Å². The van der Waals surface area contributed by atoms with Crippen molar-refractivity contribution in [3.05, 3.63) is 72.9 Å². The van der Waals surface area contributed by atoms with Crippen LogP contribution in [0.4, 0.5) is 0 Å². The first-order valence-electron chi connectivity index (χ1n) is 36.4. The number of allylic oxidation sites excluding steroid dienone is 12. The minimum atomic E-state index is -0.778. The number of esters is 3. The van der Waals surface area contributed by atoms with Gasteiger partial charge in [0.15, 0.2) is 6.10 Å². The molecule has 0 aliphatic heterocycles. The van der Waals surface area contributed by atoms with Gasteiger partial charge in [-0.2, -0.15) is 0 Å². The van der Waals surface area contributed by atoms with Gasteiger partial charge in [-0.05, 0) is 89.9 Å². The molecule has 6 nitrogen and oxygen atoms in total. The monoisotopic (exact) mass is 1160 g/mol. The van der Waals surface area contributed by atoms with E-state index < -0.39 is 6.10 Å². The maximum absolute atomic E-state index is 13.0. The number of hydrogen-bond donors (Lipinski definition) is 0. The molecule has 0 bridgehead atoms. The number of carbonyl (C=O) groups excluding carboxylic acids is 3. The van der Waals surface area contributed by atoms with Crippen molar-refractivity contribution in [3.63, 3.8) is 0 Å². The lowest BCUT2D eigenvalue weighted by atomic mass is 10.0. The van der Waals surface area contributed by atoms with Gasteiger partial charge in [-0.3, -0.25) is 14.4 Å². The molecule has 0 aromatic rings. The molecule has 0 saturated carbocycles. The average molecular weight is 1160 g/mol. The number of unbranched alkanes of at least 4 members (excludes halogenated alkanes) is 44. The van der Waals surface area contributed by atoms with E-state index in [1.165, 1.54) is 244 Å². The van der Waals surface area contributed by atoms with E-state index >= 15 is 0 Å². The van der Waals surface area contributed by atoms with Crippen molar-refractivity contribution in [3.8, 4) is 0 Å². The Bertz CT molecular complexity index is 1520. The Labute approximate surface area is 516 Å². The summed E-state index contributed by atoms with van der Waals surface area (Å²) < 4.78 is 17.0. The molecule has 0 spiro atoms. The molecule has 6 heteroatoms. The summed E-state index contributed by atoms with van der Waals surface area (Å²) in [5.74, 6) is -0.858. The van der Waals surface area contributed by atoms with Crippen LogP contribution in [0.1, 0.15) is 380 Å². The zero-order valence-electron chi connectivity index (χ0n) is 55.5. The normalized spacial score (nSPS) is 12.5. The van der Waals surface area contributed by atoms with E-state index in [1.807, 2.05) is 0 Å². The Kier molecular flexibility index (Phi) is 68.6. The fraction of sp³-hybridized carbons (Fsp3) is 0.805. The Morgan fingerprint density at radius 2 is 0.470 bits per heavy atom. The van der Waals surface area contributed by atoms with Crippen molar-refractivity contribution in [2.45, 2.75) is 386 Å². The largest absolute Gasteiger partial charge is 0.462 e. The molecule has 83 heavy (non-hydrogen) atoms. The zero-order chi connectivity index (χ0) is 59.9. The molecule has 482 valence electrons. The maximum atomic E-state index is 13.0. The van der Waals surface area contributed by atoms with Gasteiger partial charge in [-0.25, -0.2) is 0 Å². The van der Waals surface area contributed by atoms with E-state index in [0.29, 0.717) is 19.3 Å². The summed E-state index contributed by atoms with van der Waals surface area (Å²) in [5.41, 5.74) is 0. The van der Waals surface area contributed by atoms with E-state index in [-0.39, 0.29) is 31.1 Å². The quantitative estimate of drug-likeness (QED) is 0.0261. The van der Waals surface area contributed by atoms with E-state index in [0.717, 1.165) is 96.3 Å².